The second-order valence-corrected chi connectivity index (χ2v) is 10.9. The number of hydrogen-bond donors (Lipinski definition) is 2. The van der Waals surface area contributed by atoms with Gasteiger partial charge in [-0.25, -0.2) is 9.78 Å². The van der Waals surface area contributed by atoms with Gasteiger partial charge in [-0.05, 0) is 31.0 Å². The first-order chi connectivity index (χ1) is 22.5. The van der Waals surface area contributed by atoms with E-state index in [2.05, 4.69) is 25.1 Å². The highest BCUT2D eigenvalue weighted by molar-refractivity contribution is 5.97. The minimum Gasteiger partial charge on any atom is -0.497 e. The lowest BCUT2D eigenvalue weighted by Gasteiger charge is -2.27. The van der Waals surface area contributed by atoms with Crippen LogP contribution in [-0.4, -0.2) is 126 Å². The maximum atomic E-state index is 13.2. The van der Waals surface area contributed by atoms with Gasteiger partial charge in [0.15, 0.2) is 11.5 Å². The first kappa shape index (κ1) is 33.3. The van der Waals surface area contributed by atoms with E-state index >= 15 is 0 Å². The molecule has 0 aliphatic carbocycles. The number of esters is 1. The molecular weight excluding hydrogens is 598 g/mol. The van der Waals surface area contributed by atoms with Crippen molar-refractivity contribution in [3.63, 3.8) is 0 Å². The van der Waals surface area contributed by atoms with E-state index in [9.17, 15) is 9.59 Å². The number of benzene rings is 2. The Bertz CT molecular complexity index is 1520. The van der Waals surface area contributed by atoms with Gasteiger partial charge in [0.2, 0.25) is 11.7 Å². The van der Waals surface area contributed by atoms with Crippen LogP contribution >= 0.6 is 0 Å². The number of nitrogens with one attached hydrogen (secondary N) is 2. The number of nitrogens with zero attached hydrogens (tertiary/aromatic N) is 3. The highest BCUT2D eigenvalue weighted by Crippen LogP contribution is 2.47. The highest BCUT2D eigenvalue weighted by atomic mass is 16.5. The summed E-state index contributed by atoms with van der Waals surface area (Å²) in [6, 6.07) is 6.57. The molecular formula is C32H43N5O9. The topological polar surface area (TPSA) is 146 Å². The molecule has 0 unspecified atom stereocenters. The third kappa shape index (κ3) is 8.37. The molecule has 3 heterocycles. The van der Waals surface area contributed by atoms with Gasteiger partial charge in [-0.3, -0.25) is 19.6 Å². The number of carbonyl (C=O) groups excluding carboxylic acids is 1. The van der Waals surface area contributed by atoms with Gasteiger partial charge in [0, 0.05) is 45.3 Å². The largest absolute Gasteiger partial charge is 0.497 e. The van der Waals surface area contributed by atoms with E-state index in [1.165, 1.54) is 14.2 Å². The Morgan fingerprint density at radius 1 is 0.870 bits per heavy atom. The number of H-pyrrole nitrogens is 1. The lowest BCUT2D eigenvalue weighted by atomic mass is 10.1. The van der Waals surface area contributed by atoms with Crippen molar-refractivity contribution in [2.24, 2.45) is 0 Å². The third-order valence-electron chi connectivity index (χ3n) is 7.90. The predicted octanol–water partition coefficient (Wildman–Crippen LogP) is 2.67. The Balaban J connectivity index is 1.45. The Hall–Kier alpha value is -4.11. The zero-order valence-electron chi connectivity index (χ0n) is 26.7. The van der Waals surface area contributed by atoms with Crippen LogP contribution in [0.15, 0.2) is 29.1 Å². The van der Waals surface area contributed by atoms with Gasteiger partial charge >= 0.3 is 5.97 Å². The summed E-state index contributed by atoms with van der Waals surface area (Å²) in [7, 11) is 4.35. The second kappa shape index (κ2) is 16.5. The second-order valence-electron chi connectivity index (χ2n) is 10.9. The molecule has 0 amide bonds. The average molecular weight is 642 g/mol. The molecule has 0 radical (unpaired) electrons. The molecule has 3 aromatic rings. The normalized spacial score (nSPS) is 15.8. The SMILES string of the molecule is COC(=O)c1cc(Nc2nc3cc(OC)ccc3c(=O)[nH]2)c(OC)c(OCCCN2CCOCC2)c1OCCCN1CCOCC1. The monoisotopic (exact) mass is 641 g/mol. The van der Waals surface area contributed by atoms with E-state index in [-0.39, 0.29) is 34.3 Å². The maximum Gasteiger partial charge on any atom is 0.341 e. The fourth-order valence-electron chi connectivity index (χ4n) is 5.46. The maximum absolute atomic E-state index is 13.2. The van der Waals surface area contributed by atoms with Gasteiger partial charge in [-0.1, -0.05) is 0 Å². The molecule has 1 aromatic heterocycles. The zero-order valence-corrected chi connectivity index (χ0v) is 26.7. The molecule has 46 heavy (non-hydrogen) atoms. The van der Waals surface area contributed by atoms with Crippen molar-refractivity contribution in [3.8, 4) is 23.0 Å². The number of anilines is 2. The molecule has 2 saturated heterocycles. The van der Waals surface area contributed by atoms with Crippen LogP contribution in [0.1, 0.15) is 23.2 Å². The molecule has 0 atom stereocenters. The Kier molecular flexibility index (Phi) is 11.9. The molecule has 250 valence electrons. The quantitative estimate of drug-likeness (QED) is 0.185. The molecule has 2 aromatic carbocycles. The summed E-state index contributed by atoms with van der Waals surface area (Å²) in [5, 5.41) is 3.52. The number of aromatic amines is 1. The molecule has 2 fully saturated rings. The summed E-state index contributed by atoms with van der Waals surface area (Å²) in [6.45, 7) is 8.67. The smallest absolute Gasteiger partial charge is 0.341 e. The molecule has 2 aliphatic heterocycles. The highest BCUT2D eigenvalue weighted by Gasteiger charge is 2.27. The van der Waals surface area contributed by atoms with Crippen molar-refractivity contribution in [1.82, 2.24) is 19.8 Å². The van der Waals surface area contributed by atoms with Gasteiger partial charge < -0.3 is 38.5 Å². The Labute approximate surface area is 267 Å². The summed E-state index contributed by atoms with van der Waals surface area (Å²) in [4.78, 5) is 38.0. The number of methoxy groups -OCH3 is 3. The van der Waals surface area contributed by atoms with Crippen LogP contribution < -0.4 is 29.8 Å². The minimum absolute atomic E-state index is 0.136. The Morgan fingerprint density at radius 3 is 2.09 bits per heavy atom. The molecule has 0 spiro atoms. The third-order valence-corrected chi connectivity index (χ3v) is 7.90. The number of carbonyl (C=O) groups is 1. The number of morpholine rings is 2. The summed E-state index contributed by atoms with van der Waals surface area (Å²) >= 11 is 0. The summed E-state index contributed by atoms with van der Waals surface area (Å²) in [5.74, 6) is 0.855. The lowest BCUT2D eigenvalue weighted by molar-refractivity contribution is 0.0352. The lowest BCUT2D eigenvalue weighted by Crippen LogP contribution is -2.37. The average Bonchev–Trinajstić information content (AvgIpc) is 3.09. The fourth-order valence-corrected chi connectivity index (χ4v) is 5.46. The molecule has 0 bridgehead atoms. The van der Waals surface area contributed by atoms with Crippen LogP contribution in [0.4, 0.5) is 11.6 Å². The molecule has 5 rings (SSSR count). The number of ether oxygens (including phenoxy) is 7. The van der Waals surface area contributed by atoms with E-state index in [4.69, 9.17) is 33.2 Å². The molecule has 14 nitrogen and oxygen atoms in total. The van der Waals surface area contributed by atoms with E-state index < -0.39 is 5.97 Å². The van der Waals surface area contributed by atoms with Crippen molar-refractivity contribution in [1.29, 1.82) is 0 Å². The van der Waals surface area contributed by atoms with Crippen LogP contribution in [0, 0.1) is 0 Å². The van der Waals surface area contributed by atoms with Crippen molar-refractivity contribution in [3.05, 3.63) is 40.2 Å². The summed E-state index contributed by atoms with van der Waals surface area (Å²) in [5.41, 5.74) is 0.557. The molecule has 2 N–H and O–H groups in total. The molecule has 14 heteroatoms. The van der Waals surface area contributed by atoms with Crippen molar-refractivity contribution in [2.75, 3.05) is 106 Å². The minimum atomic E-state index is -0.614. The van der Waals surface area contributed by atoms with Gasteiger partial charge in [-0.2, -0.15) is 0 Å². The summed E-state index contributed by atoms with van der Waals surface area (Å²) in [6.07, 6.45) is 1.46. The first-order valence-corrected chi connectivity index (χ1v) is 15.5. The van der Waals surface area contributed by atoms with Gasteiger partial charge in [0.05, 0.1) is 77.6 Å². The van der Waals surface area contributed by atoms with Gasteiger partial charge in [0.25, 0.3) is 5.56 Å². The summed E-state index contributed by atoms with van der Waals surface area (Å²) < 4.78 is 39.8. The number of hydrogen-bond acceptors (Lipinski definition) is 13. The number of rotatable bonds is 15. The zero-order chi connectivity index (χ0) is 32.3. The van der Waals surface area contributed by atoms with E-state index in [1.807, 2.05) is 0 Å². The van der Waals surface area contributed by atoms with Crippen LogP contribution in [0.2, 0.25) is 0 Å². The van der Waals surface area contributed by atoms with Gasteiger partial charge in [0.1, 0.15) is 11.3 Å². The standard InChI is InChI=1S/C32H43N5O9/c1-40-22-6-7-23-25(20-22)33-32(35-30(23)38)34-26-21-24(31(39)42-3)27(45-14-4-8-36-10-16-43-17-11-36)29(28(26)41-2)46-15-5-9-37-12-18-44-19-13-37/h6-7,20-21H,4-5,8-19H2,1-3H3,(H2,33,34,35,38). The van der Waals surface area contributed by atoms with Gasteiger partial charge in [-0.15, -0.1) is 0 Å². The Morgan fingerprint density at radius 2 is 1.50 bits per heavy atom. The van der Waals surface area contributed by atoms with Crippen molar-refractivity contribution in [2.45, 2.75) is 12.8 Å². The van der Waals surface area contributed by atoms with Crippen molar-refractivity contribution < 1.29 is 38.0 Å². The van der Waals surface area contributed by atoms with Crippen LogP contribution in [-0.2, 0) is 14.2 Å². The van der Waals surface area contributed by atoms with E-state index in [0.717, 1.165) is 52.1 Å². The van der Waals surface area contributed by atoms with Crippen molar-refractivity contribution >= 4 is 28.5 Å². The van der Waals surface area contributed by atoms with Crippen LogP contribution in [0.3, 0.4) is 0 Å². The van der Waals surface area contributed by atoms with E-state index in [1.54, 1.807) is 31.4 Å². The molecule has 0 saturated carbocycles. The fraction of sp³-hybridized carbons (Fsp3) is 0.531. The first-order valence-electron chi connectivity index (χ1n) is 15.5. The number of aromatic nitrogens is 2. The van der Waals surface area contributed by atoms with E-state index in [0.29, 0.717) is 62.0 Å². The predicted molar refractivity (Wildman–Crippen MR) is 171 cm³/mol. The molecule has 2 aliphatic rings. The van der Waals surface area contributed by atoms with Crippen LogP contribution in [0.25, 0.3) is 10.9 Å². The number of fused-ring (bicyclic) bond motifs is 1. The van der Waals surface area contributed by atoms with Crippen LogP contribution in [0.5, 0.6) is 23.0 Å².